The fourth-order valence-electron chi connectivity index (χ4n) is 2.81. The Morgan fingerprint density at radius 2 is 1.75 bits per heavy atom. The number of aromatic nitrogens is 3. The molecule has 0 spiro atoms. The number of benzene rings is 2. The van der Waals surface area contributed by atoms with Crippen LogP contribution >= 0.6 is 11.8 Å². The van der Waals surface area contributed by atoms with Gasteiger partial charge >= 0.3 is 0 Å². The molecule has 1 aromatic heterocycles. The third-order valence-corrected chi connectivity index (χ3v) is 5.14. The molecule has 0 aliphatic rings. The number of nitrogens with one attached hydrogen (secondary N) is 1. The Morgan fingerprint density at radius 3 is 2.39 bits per heavy atom. The van der Waals surface area contributed by atoms with E-state index in [2.05, 4.69) is 27.6 Å². The van der Waals surface area contributed by atoms with Gasteiger partial charge in [0.25, 0.3) is 0 Å². The van der Waals surface area contributed by atoms with Crippen molar-refractivity contribution in [1.82, 2.24) is 14.8 Å². The largest absolute Gasteiger partial charge is 0.326 e. The van der Waals surface area contributed by atoms with E-state index in [1.807, 2.05) is 29.7 Å². The fourth-order valence-corrected chi connectivity index (χ4v) is 3.72. The number of anilines is 1. The number of thioether (sulfide) groups is 1. The van der Waals surface area contributed by atoms with Gasteiger partial charge in [0.1, 0.15) is 5.82 Å². The zero-order valence-corrected chi connectivity index (χ0v) is 16.7. The highest BCUT2D eigenvalue weighted by Gasteiger charge is 2.14. The van der Waals surface area contributed by atoms with E-state index in [1.54, 1.807) is 24.3 Å². The molecule has 0 unspecified atom stereocenters. The number of ketones is 1. The second-order valence-electron chi connectivity index (χ2n) is 6.28. The first-order valence-electron chi connectivity index (χ1n) is 9.06. The van der Waals surface area contributed by atoms with E-state index in [1.165, 1.54) is 24.2 Å². The van der Waals surface area contributed by atoms with Crippen molar-refractivity contribution in [2.24, 2.45) is 0 Å². The molecule has 28 heavy (non-hydrogen) atoms. The molecule has 0 saturated carbocycles. The first-order valence-corrected chi connectivity index (χ1v) is 10.0. The van der Waals surface area contributed by atoms with Gasteiger partial charge in [0.05, 0.1) is 5.75 Å². The SMILES string of the molecule is CCn1c(Cc2ccccc2)nnc1SCC(=O)c1ccc(NC(C)=O)cc1. The number of carbonyl (C=O) groups is 2. The molecule has 1 N–H and O–H groups in total. The normalized spacial score (nSPS) is 10.6. The first kappa shape index (κ1) is 19.8. The number of carbonyl (C=O) groups excluding carboxylic acids is 2. The first-order chi connectivity index (χ1) is 13.6. The van der Waals surface area contributed by atoms with Crippen LogP contribution < -0.4 is 5.32 Å². The van der Waals surface area contributed by atoms with E-state index in [9.17, 15) is 9.59 Å². The molecule has 0 radical (unpaired) electrons. The van der Waals surface area contributed by atoms with E-state index in [0.717, 1.165) is 17.5 Å². The zero-order valence-electron chi connectivity index (χ0n) is 15.9. The van der Waals surface area contributed by atoms with Crippen LogP contribution in [0.4, 0.5) is 5.69 Å². The van der Waals surface area contributed by atoms with Crippen LogP contribution in [0.1, 0.15) is 35.6 Å². The maximum Gasteiger partial charge on any atom is 0.221 e. The van der Waals surface area contributed by atoms with Crippen molar-refractivity contribution >= 4 is 29.1 Å². The lowest BCUT2D eigenvalue weighted by atomic mass is 10.1. The highest BCUT2D eigenvalue weighted by molar-refractivity contribution is 7.99. The molecule has 2 aromatic carbocycles. The van der Waals surface area contributed by atoms with Crippen molar-refractivity contribution < 1.29 is 9.59 Å². The van der Waals surface area contributed by atoms with Gasteiger partial charge in [0, 0.05) is 31.1 Å². The average molecular weight is 395 g/mol. The summed E-state index contributed by atoms with van der Waals surface area (Å²) in [6, 6.07) is 17.0. The lowest BCUT2D eigenvalue weighted by Gasteiger charge is -2.07. The summed E-state index contributed by atoms with van der Waals surface area (Å²) in [7, 11) is 0. The number of Topliss-reactive ketones (excluding diaryl/α,β-unsaturated/α-hetero) is 1. The predicted octanol–water partition coefficient (Wildman–Crippen LogP) is 3.82. The maximum absolute atomic E-state index is 12.5. The maximum atomic E-state index is 12.5. The standard InChI is InChI=1S/C21H22N4O2S/c1-3-25-20(13-16-7-5-4-6-8-16)23-24-21(25)28-14-19(27)17-9-11-18(12-10-17)22-15(2)26/h4-12H,3,13-14H2,1-2H3,(H,22,26). The summed E-state index contributed by atoms with van der Waals surface area (Å²) in [4.78, 5) is 23.6. The molecule has 0 saturated heterocycles. The van der Waals surface area contributed by atoms with Gasteiger partial charge in [-0.2, -0.15) is 0 Å². The minimum absolute atomic E-state index is 0.00892. The van der Waals surface area contributed by atoms with E-state index in [-0.39, 0.29) is 17.4 Å². The highest BCUT2D eigenvalue weighted by atomic mass is 32.2. The Morgan fingerprint density at radius 1 is 1.04 bits per heavy atom. The van der Waals surface area contributed by atoms with Crippen LogP contribution in [0.5, 0.6) is 0 Å². The zero-order chi connectivity index (χ0) is 19.9. The van der Waals surface area contributed by atoms with Crippen molar-refractivity contribution in [3.05, 3.63) is 71.5 Å². The molecule has 6 nitrogen and oxygen atoms in total. The van der Waals surface area contributed by atoms with Crippen LogP contribution in [0.3, 0.4) is 0 Å². The second-order valence-corrected chi connectivity index (χ2v) is 7.22. The summed E-state index contributed by atoms with van der Waals surface area (Å²) in [5, 5.41) is 12.0. The third-order valence-electron chi connectivity index (χ3n) is 4.17. The van der Waals surface area contributed by atoms with Crippen molar-refractivity contribution in [2.45, 2.75) is 32.0 Å². The minimum Gasteiger partial charge on any atom is -0.326 e. The van der Waals surface area contributed by atoms with E-state index < -0.39 is 0 Å². The van der Waals surface area contributed by atoms with Crippen molar-refractivity contribution in [1.29, 1.82) is 0 Å². The average Bonchev–Trinajstić information content (AvgIpc) is 3.08. The fraction of sp³-hybridized carbons (Fsp3) is 0.238. The molecular weight excluding hydrogens is 372 g/mol. The quantitative estimate of drug-likeness (QED) is 0.464. The molecule has 0 fully saturated rings. The van der Waals surface area contributed by atoms with Crippen LogP contribution in [-0.2, 0) is 17.8 Å². The molecule has 0 aliphatic heterocycles. The summed E-state index contributed by atoms with van der Waals surface area (Å²) < 4.78 is 2.05. The Balaban J connectivity index is 1.64. The molecule has 3 aromatic rings. The number of nitrogens with zero attached hydrogens (tertiary/aromatic N) is 3. The van der Waals surface area contributed by atoms with Crippen LogP contribution in [0, 0.1) is 0 Å². The number of amides is 1. The van der Waals surface area contributed by atoms with Gasteiger partial charge in [0.2, 0.25) is 5.91 Å². The van der Waals surface area contributed by atoms with Crippen LogP contribution in [0.25, 0.3) is 0 Å². The van der Waals surface area contributed by atoms with Gasteiger partial charge in [-0.15, -0.1) is 10.2 Å². The van der Waals surface area contributed by atoms with E-state index >= 15 is 0 Å². The lowest BCUT2D eigenvalue weighted by Crippen LogP contribution is -2.08. The number of hydrogen-bond donors (Lipinski definition) is 1. The molecule has 1 amide bonds. The van der Waals surface area contributed by atoms with E-state index in [4.69, 9.17) is 0 Å². The van der Waals surface area contributed by atoms with Crippen molar-refractivity contribution in [3.8, 4) is 0 Å². The Kier molecular flexibility index (Phi) is 6.60. The predicted molar refractivity (Wildman–Crippen MR) is 111 cm³/mol. The van der Waals surface area contributed by atoms with Crippen molar-refractivity contribution in [2.75, 3.05) is 11.1 Å². The molecule has 3 rings (SSSR count). The lowest BCUT2D eigenvalue weighted by molar-refractivity contribution is -0.114. The molecule has 0 bridgehead atoms. The molecule has 0 atom stereocenters. The monoisotopic (exact) mass is 394 g/mol. The second kappa shape index (κ2) is 9.32. The van der Waals surface area contributed by atoms with Gasteiger partial charge in [-0.3, -0.25) is 9.59 Å². The van der Waals surface area contributed by atoms with Crippen molar-refractivity contribution in [3.63, 3.8) is 0 Å². The summed E-state index contributed by atoms with van der Waals surface area (Å²) in [6.45, 7) is 4.24. The van der Waals surface area contributed by atoms with Gasteiger partial charge in [-0.1, -0.05) is 42.1 Å². The van der Waals surface area contributed by atoms with Crippen LogP contribution in [0.2, 0.25) is 0 Å². The summed E-state index contributed by atoms with van der Waals surface area (Å²) in [5.74, 6) is 1.04. The van der Waals surface area contributed by atoms with Gasteiger partial charge in [-0.25, -0.2) is 0 Å². The van der Waals surface area contributed by atoms with E-state index in [0.29, 0.717) is 17.7 Å². The highest BCUT2D eigenvalue weighted by Crippen LogP contribution is 2.20. The van der Waals surface area contributed by atoms with Gasteiger partial charge in [-0.05, 0) is 36.8 Å². The number of hydrogen-bond acceptors (Lipinski definition) is 5. The van der Waals surface area contributed by atoms with Crippen LogP contribution in [0.15, 0.2) is 59.8 Å². The summed E-state index contributed by atoms with van der Waals surface area (Å²) in [6.07, 6.45) is 0.709. The number of rotatable bonds is 8. The minimum atomic E-state index is -0.139. The van der Waals surface area contributed by atoms with Gasteiger partial charge in [0.15, 0.2) is 10.9 Å². The summed E-state index contributed by atoms with van der Waals surface area (Å²) in [5.41, 5.74) is 2.46. The summed E-state index contributed by atoms with van der Waals surface area (Å²) >= 11 is 1.39. The topological polar surface area (TPSA) is 76.9 Å². The molecule has 0 aliphatic carbocycles. The molecule has 144 valence electrons. The molecular formula is C21H22N4O2S. The Bertz CT molecular complexity index is 952. The smallest absolute Gasteiger partial charge is 0.221 e. The van der Waals surface area contributed by atoms with Crippen LogP contribution in [-0.4, -0.2) is 32.2 Å². The Hall–Kier alpha value is -2.93. The third kappa shape index (κ3) is 5.07. The molecule has 7 heteroatoms. The Labute approximate surface area is 168 Å². The van der Waals surface area contributed by atoms with Gasteiger partial charge < -0.3 is 9.88 Å². The molecule has 1 heterocycles.